The van der Waals surface area contributed by atoms with Crippen LogP contribution in [-0.2, 0) is 29.1 Å². The average molecular weight is 547 g/mol. The summed E-state index contributed by atoms with van der Waals surface area (Å²) in [7, 11) is 1.67. The molecule has 2 unspecified atom stereocenters. The second-order valence-electron chi connectivity index (χ2n) is 10.5. The summed E-state index contributed by atoms with van der Waals surface area (Å²) < 4.78 is 5.53. The summed E-state index contributed by atoms with van der Waals surface area (Å²) in [5.41, 5.74) is 2.97. The molecule has 0 aliphatic carbocycles. The van der Waals surface area contributed by atoms with Crippen molar-refractivity contribution in [3.05, 3.63) is 76.2 Å². The van der Waals surface area contributed by atoms with Gasteiger partial charge in [0.15, 0.2) is 0 Å². The van der Waals surface area contributed by atoms with Crippen LogP contribution in [0.3, 0.4) is 0 Å². The van der Waals surface area contributed by atoms with Crippen LogP contribution in [0.15, 0.2) is 60.1 Å². The number of hydrogen-bond donors (Lipinski definition) is 0. The summed E-state index contributed by atoms with van der Waals surface area (Å²) in [6.07, 6.45) is 7.06. The zero-order valence-corrected chi connectivity index (χ0v) is 23.7. The van der Waals surface area contributed by atoms with E-state index in [1.807, 2.05) is 63.8 Å². The van der Waals surface area contributed by atoms with Gasteiger partial charge in [0.25, 0.3) is 0 Å². The quantitative estimate of drug-likeness (QED) is 0.420. The third-order valence-electron chi connectivity index (χ3n) is 8.11. The second-order valence-corrected chi connectivity index (χ2v) is 11.5. The molecule has 2 atom stereocenters. The lowest BCUT2D eigenvalue weighted by Gasteiger charge is -2.43. The highest BCUT2D eigenvalue weighted by molar-refractivity contribution is 7.09. The van der Waals surface area contributed by atoms with Crippen LogP contribution >= 0.6 is 11.3 Å². The Labute approximate surface area is 235 Å². The molecule has 206 valence electrons. The SMILES string of the molecule is COc1ccccc1CCC(=O)N1Cc2ccccc2N(C(C)=O)CCC2CCCC(C1)N2Cc1nccs1. The lowest BCUT2D eigenvalue weighted by molar-refractivity contribution is -0.133. The van der Waals surface area contributed by atoms with E-state index in [1.165, 1.54) is 0 Å². The molecule has 3 heterocycles. The molecule has 0 N–H and O–H groups in total. The maximum Gasteiger partial charge on any atom is 0.223 e. The van der Waals surface area contributed by atoms with E-state index >= 15 is 0 Å². The zero-order valence-electron chi connectivity index (χ0n) is 22.9. The number of carbonyl (C=O) groups excluding carboxylic acids is 2. The van der Waals surface area contributed by atoms with Crippen LogP contribution in [0.4, 0.5) is 5.69 Å². The van der Waals surface area contributed by atoms with Crippen molar-refractivity contribution >= 4 is 28.8 Å². The van der Waals surface area contributed by atoms with Crippen molar-refractivity contribution in [2.24, 2.45) is 0 Å². The highest BCUT2D eigenvalue weighted by atomic mass is 32.1. The minimum absolute atomic E-state index is 0.0366. The fourth-order valence-corrected chi connectivity index (χ4v) is 6.75. The minimum atomic E-state index is 0.0366. The minimum Gasteiger partial charge on any atom is -0.496 e. The van der Waals surface area contributed by atoms with Crippen LogP contribution in [0.5, 0.6) is 5.75 Å². The third kappa shape index (κ3) is 6.50. The molecule has 2 aliphatic rings. The number of methoxy groups -OCH3 is 1. The Morgan fingerprint density at radius 3 is 2.64 bits per heavy atom. The molecule has 3 aromatic rings. The molecule has 2 aromatic carbocycles. The van der Waals surface area contributed by atoms with Crippen LogP contribution in [0, 0.1) is 0 Å². The Balaban J connectivity index is 1.47. The number of piperidine rings is 1. The molecule has 2 aliphatic heterocycles. The number of amides is 2. The van der Waals surface area contributed by atoms with Crippen molar-refractivity contribution in [2.75, 3.05) is 25.1 Å². The van der Waals surface area contributed by atoms with Gasteiger partial charge < -0.3 is 14.5 Å². The van der Waals surface area contributed by atoms with E-state index in [4.69, 9.17) is 4.74 Å². The number of thiazole rings is 1. The fourth-order valence-electron chi connectivity index (χ4n) is 6.13. The molecule has 2 amide bonds. The summed E-state index contributed by atoms with van der Waals surface area (Å²) in [5.74, 6) is 0.977. The second kappa shape index (κ2) is 12.7. The number of rotatable bonds is 6. The molecule has 1 fully saturated rings. The van der Waals surface area contributed by atoms with Gasteiger partial charge in [-0.05, 0) is 48.9 Å². The van der Waals surface area contributed by atoms with Gasteiger partial charge in [-0.1, -0.05) is 42.8 Å². The van der Waals surface area contributed by atoms with E-state index in [1.54, 1.807) is 25.4 Å². The monoisotopic (exact) mass is 546 g/mol. The third-order valence-corrected chi connectivity index (χ3v) is 8.87. The maximum absolute atomic E-state index is 13.9. The molecular weight excluding hydrogens is 508 g/mol. The number of aromatic nitrogens is 1. The lowest BCUT2D eigenvalue weighted by atomic mass is 9.92. The molecule has 1 saturated heterocycles. The van der Waals surface area contributed by atoms with Gasteiger partial charge in [0.05, 0.1) is 13.7 Å². The Morgan fingerprint density at radius 1 is 1.05 bits per heavy atom. The van der Waals surface area contributed by atoms with E-state index < -0.39 is 0 Å². The van der Waals surface area contributed by atoms with Gasteiger partial charge in [-0.25, -0.2) is 4.98 Å². The highest BCUT2D eigenvalue weighted by Gasteiger charge is 2.35. The van der Waals surface area contributed by atoms with Crippen LogP contribution in [0.2, 0.25) is 0 Å². The zero-order chi connectivity index (χ0) is 27.2. The summed E-state index contributed by atoms with van der Waals surface area (Å²) in [4.78, 5) is 37.9. The van der Waals surface area contributed by atoms with Gasteiger partial charge >= 0.3 is 0 Å². The predicted octanol–water partition coefficient (Wildman–Crippen LogP) is 5.29. The molecule has 39 heavy (non-hydrogen) atoms. The smallest absolute Gasteiger partial charge is 0.223 e. The van der Waals surface area contributed by atoms with Gasteiger partial charge in [-0.15, -0.1) is 11.3 Å². The number of aryl methyl sites for hydroxylation is 1. The summed E-state index contributed by atoms with van der Waals surface area (Å²) in [5, 5.41) is 3.13. The van der Waals surface area contributed by atoms with E-state index in [0.717, 1.165) is 59.8 Å². The molecule has 0 spiro atoms. The maximum atomic E-state index is 13.9. The normalized spacial score (nSPS) is 20.2. The first-order valence-corrected chi connectivity index (χ1v) is 14.8. The van der Waals surface area contributed by atoms with Crippen molar-refractivity contribution in [1.82, 2.24) is 14.8 Å². The Morgan fingerprint density at radius 2 is 1.85 bits per heavy atom. The number of hydrogen-bond acceptors (Lipinski definition) is 6. The number of carbonyl (C=O) groups is 2. The molecule has 0 radical (unpaired) electrons. The molecular formula is C31H38N4O3S. The van der Waals surface area contributed by atoms with E-state index in [0.29, 0.717) is 38.5 Å². The topological polar surface area (TPSA) is 66.0 Å². The predicted molar refractivity (Wildman–Crippen MR) is 155 cm³/mol. The van der Waals surface area contributed by atoms with Gasteiger partial charge in [-0.2, -0.15) is 0 Å². The van der Waals surface area contributed by atoms with Crippen molar-refractivity contribution < 1.29 is 14.3 Å². The van der Waals surface area contributed by atoms with Crippen LogP contribution in [-0.4, -0.2) is 58.9 Å². The first-order chi connectivity index (χ1) is 19.0. The first-order valence-electron chi connectivity index (χ1n) is 13.9. The Kier molecular flexibility index (Phi) is 8.94. The van der Waals surface area contributed by atoms with Crippen molar-refractivity contribution in [3.8, 4) is 5.75 Å². The van der Waals surface area contributed by atoms with E-state index in [-0.39, 0.29) is 17.9 Å². The molecule has 1 aromatic heterocycles. The van der Waals surface area contributed by atoms with Gasteiger partial charge in [-0.3, -0.25) is 14.5 Å². The number of benzene rings is 2. The molecule has 7 nitrogen and oxygen atoms in total. The Hall–Kier alpha value is -3.23. The summed E-state index contributed by atoms with van der Waals surface area (Å²) in [6, 6.07) is 16.6. The highest BCUT2D eigenvalue weighted by Crippen LogP contribution is 2.32. The van der Waals surface area contributed by atoms with Crippen molar-refractivity contribution in [2.45, 2.75) is 70.6 Å². The Bertz CT molecular complexity index is 1260. The number of fused-ring (bicyclic) bond motifs is 3. The summed E-state index contributed by atoms with van der Waals surface area (Å²) >= 11 is 1.68. The number of ether oxygens (including phenoxy) is 1. The van der Waals surface area contributed by atoms with E-state index in [2.05, 4.69) is 16.0 Å². The molecule has 2 bridgehead atoms. The van der Waals surface area contributed by atoms with Gasteiger partial charge in [0.2, 0.25) is 11.8 Å². The average Bonchev–Trinajstić information content (AvgIpc) is 3.46. The van der Waals surface area contributed by atoms with Crippen LogP contribution < -0.4 is 9.64 Å². The number of nitrogens with zero attached hydrogens (tertiary/aromatic N) is 4. The molecule has 5 rings (SSSR count). The largest absolute Gasteiger partial charge is 0.496 e. The summed E-state index contributed by atoms with van der Waals surface area (Å²) in [6.45, 7) is 4.24. The fraction of sp³-hybridized carbons (Fsp3) is 0.452. The standard InChI is InChI=1S/C31H38N4O3S/c1-23(36)34-18-16-26-10-7-11-27(35(26)22-30-32-17-19-39-30)21-33(20-25-9-3-5-12-28(25)34)31(37)15-14-24-8-4-6-13-29(24)38-2/h3-6,8-9,12-13,17,19,26-27H,7,10-11,14-16,18,20-22H2,1-2H3. The molecule has 0 saturated carbocycles. The number of anilines is 1. The van der Waals surface area contributed by atoms with Gasteiger partial charge in [0.1, 0.15) is 10.8 Å². The first kappa shape index (κ1) is 27.3. The number of para-hydroxylation sites is 2. The molecule has 8 heteroatoms. The van der Waals surface area contributed by atoms with Crippen molar-refractivity contribution in [3.63, 3.8) is 0 Å². The van der Waals surface area contributed by atoms with Gasteiger partial charge in [0, 0.05) is 62.3 Å². The van der Waals surface area contributed by atoms with Crippen LogP contribution in [0.1, 0.15) is 55.2 Å². The lowest BCUT2D eigenvalue weighted by Crippen LogP contribution is -2.52. The van der Waals surface area contributed by atoms with E-state index in [9.17, 15) is 9.59 Å². The van der Waals surface area contributed by atoms with Crippen LogP contribution in [0.25, 0.3) is 0 Å². The van der Waals surface area contributed by atoms with Crippen molar-refractivity contribution in [1.29, 1.82) is 0 Å².